The fraction of sp³-hybridized carbons (Fsp3) is 0.432. The monoisotopic (exact) mass is 1060 g/mol. The molecule has 7 rings (SSSR count). The van der Waals surface area contributed by atoms with Gasteiger partial charge in [0.15, 0.2) is 0 Å². The van der Waals surface area contributed by atoms with Crippen LogP contribution in [0.4, 0.5) is 0 Å². The minimum Gasteiger partial charge on any atom is -0.250 e. The van der Waals surface area contributed by atoms with E-state index in [1.807, 2.05) is 0 Å². The average Bonchev–Trinajstić information content (AvgIpc) is 3.35. The second-order valence-electron chi connectivity index (χ2n) is 30.5. The maximum Gasteiger partial charge on any atom is 0.266 e. The summed E-state index contributed by atoms with van der Waals surface area (Å²) in [6.07, 6.45) is 0. The van der Waals surface area contributed by atoms with Crippen LogP contribution in [0.15, 0.2) is 132 Å². The molecule has 0 heterocycles. The van der Waals surface area contributed by atoms with Crippen LogP contribution in [-0.2, 0) is 43.3 Å². The van der Waals surface area contributed by atoms with Crippen LogP contribution in [0.5, 0.6) is 0 Å². The molecule has 0 bridgehead atoms. The van der Waals surface area contributed by atoms with Crippen molar-refractivity contribution < 1.29 is 4.33 Å². The first kappa shape index (κ1) is 59.9. The second-order valence-corrected chi connectivity index (χ2v) is 31.4. The quantitative estimate of drug-likeness (QED) is 0.0865. The van der Waals surface area contributed by atoms with Crippen molar-refractivity contribution >= 4 is 11.9 Å². The minimum absolute atomic E-state index is 0.182. The van der Waals surface area contributed by atoms with Gasteiger partial charge in [0.05, 0.1) is 4.90 Å². The summed E-state index contributed by atoms with van der Waals surface area (Å²) in [5.74, 6) is 0. The highest BCUT2D eigenvalue weighted by Crippen LogP contribution is 2.51. The minimum atomic E-state index is -0.212. The highest BCUT2D eigenvalue weighted by Gasteiger charge is 2.34. The molecule has 0 unspecified atom stereocenters. The van der Waals surface area contributed by atoms with Gasteiger partial charge in [0.25, 0.3) is 11.9 Å². The molecule has 0 spiro atoms. The predicted octanol–water partition coefficient (Wildman–Crippen LogP) is 22.4. The number of nitrogens with zero attached hydrogens (tertiary/aromatic N) is 1. The topological polar surface area (TPSA) is 43.1 Å². The van der Waals surface area contributed by atoms with Crippen molar-refractivity contribution in [2.24, 2.45) is 0 Å². The third-order valence-corrected chi connectivity index (χ3v) is 16.3. The van der Waals surface area contributed by atoms with Gasteiger partial charge in [-0.05, 0) is 180 Å². The molecule has 0 aromatic heterocycles. The summed E-state index contributed by atoms with van der Waals surface area (Å²) in [6.45, 7) is 55.4. The van der Waals surface area contributed by atoms with Gasteiger partial charge in [-0.3, -0.25) is 10.1 Å². The van der Waals surface area contributed by atoms with Crippen LogP contribution in [0.1, 0.15) is 211 Å². The number of rotatable bonds is 8. The van der Waals surface area contributed by atoms with Gasteiger partial charge in [0.1, 0.15) is 4.33 Å². The van der Waals surface area contributed by atoms with E-state index in [0.717, 1.165) is 56.5 Å². The standard InChI is InChI=1S/C74H93NO2S/c1-67(2,3)54-32-26-33-55(68(4,5)6)62(54)48-40-46(41-49(44-48)63-56(69(7,8)9)34-27-35-57(63)70(10,11)12)52-30-25-31-53(66(52)78-75(76)77)47-42-50(64-58(71(13,14)15)36-28-37-59(64)72(16,17)18)45-51(43-47)65-60(73(19,20)21)38-29-39-61(65)74(22,23)24/h25-45H,1-24H3. The Labute approximate surface area is 476 Å². The van der Waals surface area contributed by atoms with E-state index >= 15 is 0 Å². The number of hydrogen-bond acceptors (Lipinski definition) is 3. The molecule has 7 aromatic carbocycles. The van der Waals surface area contributed by atoms with Crippen molar-refractivity contribution in [1.82, 2.24) is 0 Å². The lowest BCUT2D eigenvalue weighted by Gasteiger charge is -2.32. The highest BCUT2D eigenvalue weighted by molar-refractivity contribution is 7.93. The smallest absolute Gasteiger partial charge is 0.250 e. The van der Waals surface area contributed by atoms with E-state index in [1.165, 1.54) is 66.8 Å². The zero-order valence-corrected chi connectivity index (χ0v) is 53.1. The van der Waals surface area contributed by atoms with Crippen molar-refractivity contribution in [2.75, 3.05) is 0 Å². The zero-order chi connectivity index (χ0) is 58.3. The maximum absolute atomic E-state index is 13.5. The lowest BCUT2D eigenvalue weighted by molar-refractivity contribution is -0.284. The first-order valence-electron chi connectivity index (χ1n) is 28.4. The molecule has 0 amide bonds. The van der Waals surface area contributed by atoms with Gasteiger partial charge in [-0.2, -0.15) is 0 Å². The molecular formula is C74H93NO2S. The van der Waals surface area contributed by atoms with Crippen molar-refractivity contribution in [2.45, 2.75) is 214 Å². The first-order chi connectivity index (χ1) is 35.6. The summed E-state index contributed by atoms with van der Waals surface area (Å²) in [5.41, 5.74) is 21.6. The fourth-order valence-corrected chi connectivity index (χ4v) is 12.5. The summed E-state index contributed by atoms with van der Waals surface area (Å²) in [5, 5.41) is 13.5. The molecule has 0 saturated heterocycles. The lowest BCUT2D eigenvalue weighted by atomic mass is 9.72. The summed E-state index contributed by atoms with van der Waals surface area (Å²) >= 11 is 0.730. The Bertz CT molecular complexity index is 2870. The van der Waals surface area contributed by atoms with E-state index in [9.17, 15) is 10.1 Å². The molecule has 7 aromatic rings. The maximum atomic E-state index is 13.5. The first-order valence-corrected chi connectivity index (χ1v) is 29.2. The van der Waals surface area contributed by atoms with E-state index in [1.54, 1.807) is 0 Å². The summed E-state index contributed by atoms with van der Waals surface area (Å²) in [7, 11) is 0. The van der Waals surface area contributed by atoms with Gasteiger partial charge in [-0.15, -0.1) is 0 Å². The molecule has 4 heteroatoms. The van der Waals surface area contributed by atoms with Gasteiger partial charge in [0.2, 0.25) is 0 Å². The van der Waals surface area contributed by atoms with E-state index in [4.69, 9.17) is 0 Å². The molecule has 3 nitrogen and oxygen atoms in total. The molecule has 0 radical (unpaired) electrons. The summed E-state index contributed by atoms with van der Waals surface area (Å²) in [6, 6.07) is 47.7. The molecule has 0 aliphatic carbocycles. The van der Waals surface area contributed by atoms with Gasteiger partial charge in [0, 0.05) is 11.1 Å². The van der Waals surface area contributed by atoms with Gasteiger partial charge in [-0.25, -0.2) is 0 Å². The molecule has 78 heavy (non-hydrogen) atoms. The van der Waals surface area contributed by atoms with Crippen LogP contribution in [-0.4, -0.2) is 4.33 Å². The molecular weight excluding hydrogens is 967 g/mol. The molecule has 0 aliphatic heterocycles. The highest BCUT2D eigenvalue weighted by atomic mass is 32.2. The zero-order valence-electron chi connectivity index (χ0n) is 52.3. The Morgan fingerprint density at radius 3 is 0.615 bits per heavy atom. The fourth-order valence-electron chi connectivity index (χ4n) is 11.8. The second kappa shape index (κ2) is 20.7. The Morgan fingerprint density at radius 2 is 0.449 bits per heavy atom. The molecule has 0 fully saturated rings. The van der Waals surface area contributed by atoms with Crippen molar-refractivity contribution in [3.05, 3.63) is 182 Å². The van der Waals surface area contributed by atoms with Crippen LogP contribution in [0.25, 0.3) is 66.8 Å². The van der Waals surface area contributed by atoms with Crippen LogP contribution in [0.3, 0.4) is 0 Å². The largest absolute Gasteiger partial charge is 0.266 e. The Hall–Kier alpha value is -5.71. The van der Waals surface area contributed by atoms with Crippen molar-refractivity contribution in [3.8, 4) is 66.8 Å². The number of hydrogen-bond donors (Lipinski definition) is 0. The normalized spacial score (nSPS) is 13.3. The average molecular weight is 1060 g/mol. The van der Waals surface area contributed by atoms with Crippen LogP contribution < -0.4 is 0 Å². The SMILES string of the molecule is CC(C)(C)c1cccc(C(C)(C)C)c1-c1cc(-c2cccc(-c3cc(-c4c(C(C)(C)C)cccc4C(C)(C)C)cc(-c4c(C(C)(C)C)cccc4C(C)(C)C)c3)c2S[N+](=O)[O-])cc(-c2c(C(C)(C)C)cccc2C(C)(C)C)c1. The van der Waals surface area contributed by atoms with Crippen molar-refractivity contribution in [1.29, 1.82) is 0 Å². The summed E-state index contributed by atoms with van der Waals surface area (Å²) in [4.78, 5) is 14.1. The van der Waals surface area contributed by atoms with Crippen LogP contribution >= 0.6 is 11.9 Å². The Kier molecular flexibility index (Phi) is 15.9. The van der Waals surface area contributed by atoms with E-state index in [2.05, 4.69) is 294 Å². The molecule has 0 atom stereocenters. The third-order valence-electron chi connectivity index (χ3n) is 15.5. The summed E-state index contributed by atoms with van der Waals surface area (Å²) < 4.78 is -0.212. The Morgan fingerprint density at radius 1 is 0.282 bits per heavy atom. The van der Waals surface area contributed by atoms with E-state index in [0.29, 0.717) is 4.90 Å². The van der Waals surface area contributed by atoms with Gasteiger partial charge >= 0.3 is 0 Å². The van der Waals surface area contributed by atoms with Crippen molar-refractivity contribution in [3.63, 3.8) is 0 Å². The molecule has 0 saturated carbocycles. The third kappa shape index (κ3) is 12.5. The van der Waals surface area contributed by atoms with E-state index in [-0.39, 0.29) is 47.6 Å². The number of benzene rings is 7. The Balaban J connectivity index is 1.72. The van der Waals surface area contributed by atoms with Crippen LogP contribution in [0, 0.1) is 10.1 Å². The van der Waals surface area contributed by atoms with Gasteiger partial charge in [-0.1, -0.05) is 257 Å². The van der Waals surface area contributed by atoms with Crippen LogP contribution in [0.2, 0.25) is 0 Å². The predicted molar refractivity (Wildman–Crippen MR) is 342 cm³/mol. The molecule has 0 aliphatic rings. The van der Waals surface area contributed by atoms with E-state index < -0.39 is 0 Å². The molecule has 0 N–H and O–H groups in total. The number of nitro groups is 1. The van der Waals surface area contributed by atoms with Gasteiger partial charge < -0.3 is 0 Å². The molecule has 412 valence electrons. The lowest BCUT2D eigenvalue weighted by Crippen LogP contribution is -2.20.